The van der Waals surface area contributed by atoms with Crippen LogP contribution in [0.5, 0.6) is 0 Å². The number of rotatable bonds is 6. The molecule has 1 N–H and O–H groups in total. The first-order valence-corrected chi connectivity index (χ1v) is 6.84. The van der Waals surface area contributed by atoms with Gasteiger partial charge in [-0.05, 0) is 38.0 Å². The molecule has 2 rings (SSSR count). The maximum Gasteiger partial charge on any atom is 0.239 e. The first kappa shape index (κ1) is 13.1. The number of amides is 1. The summed E-state index contributed by atoms with van der Waals surface area (Å²) in [6.45, 7) is 7.54. The van der Waals surface area contributed by atoms with Crippen LogP contribution in [-0.2, 0) is 17.8 Å². The molecule has 0 radical (unpaired) electrons. The van der Waals surface area contributed by atoms with Crippen LogP contribution in [0.3, 0.4) is 0 Å². The lowest BCUT2D eigenvalue weighted by Gasteiger charge is -2.06. The number of carbonyl (C=O) groups excluding carboxylic acids is 1. The van der Waals surface area contributed by atoms with E-state index in [1.165, 1.54) is 12.8 Å². The molecule has 0 unspecified atom stereocenters. The predicted molar refractivity (Wildman–Crippen MR) is 71.2 cm³/mol. The number of carbonyl (C=O) groups is 1. The summed E-state index contributed by atoms with van der Waals surface area (Å²) in [7, 11) is 0. The van der Waals surface area contributed by atoms with Crippen molar-refractivity contribution in [2.45, 2.75) is 46.6 Å². The van der Waals surface area contributed by atoms with Gasteiger partial charge in [-0.15, -0.1) is 0 Å². The molecule has 0 aromatic carbocycles. The smallest absolute Gasteiger partial charge is 0.239 e. The van der Waals surface area contributed by atoms with Gasteiger partial charge in [0.05, 0.1) is 5.69 Å². The second-order valence-corrected chi connectivity index (χ2v) is 5.75. The molecule has 1 heterocycles. The predicted octanol–water partition coefficient (Wildman–Crippen LogP) is 1.92. The number of imidazole rings is 1. The summed E-state index contributed by atoms with van der Waals surface area (Å²) in [5, 5.41) is 2.98. The van der Waals surface area contributed by atoms with Crippen molar-refractivity contribution in [2.75, 3.05) is 6.54 Å². The van der Waals surface area contributed by atoms with Crippen molar-refractivity contribution in [3.8, 4) is 0 Å². The number of nitrogens with zero attached hydrogens (tertiary/aromatic N) is 2. The Morgan fingerprint density at radius 1 is 1.56 bits per heavy atom. The Balaban J connectivity index is 1.86. The van der Waals surface area contributed by atoms with Gasteiger partial charge in [-0.2, -0.15) is 0 Å². The molecule has 4 nitrogen and oxygen atoms in total. The van der Waals surface area contributed by atoms with Crippen molar-refractivity contribution in [1.82, 2.24) is 14.9 Å². The summed E-state index contributed by atoms with van der Waals surface area (Å²) < 4.78 is 1.94. The van der Waals surface area contributed by atoms with Gasteiger partial charge in [0.25, 0.3) is 0 Å². The Morgan fingerprint density at radius 3 is 2.89 bits per heavy atom. The van der Waals surface area contributed by atoms with E-state index in [2.05, 4.69) is 24.1 Å². The molecule has 0 aliphatic heterocycles. The molecule has 18 heavy (non-hydrogen) atoms. The van der Waals surface area contributed by atoms with Gasteiger partial charge >= 0.3 is 0 Å². The molecule has 0 atom stereocenters. The summed E-state index contributed by atoms with van der Waals surface area (Å²) in [6, 6.07) is 0. The summed E-state index contributed by atoms with van der Waals surface area (Å²) in [6.07, 6.45) is 5.51. The van der Waals surface area contributed by atoms with E-state index < -0.39 is 0 Å². The van der Waals surface area contributed by atoms with E-state index >= 15 is 0 Å². The molecule has 1 amide bonds. The van der Waals surface area contributed by atoms with Crippen LogP contribution in [0.15, 0.2) is 6.20 Å². The number of hydrogen-bond donors (Lipinski definition) is 1. The molecule has 1 fully saturated rings. The maximum absolute atomic E-state index is 11.8. The van der Waals surface area contributed by atoms with Gasteiger partial charge in [0.2, 0.25) is 5.91 Å². The van der Waals surface area contributed by atoms with E-state index in [0.29, 0.717) is 12.5 Å². The fourth-order valence-electron chi connectivity index (χ4n) is 2.04. The number of hydrogen-bond acceptors (Lipinski definition) is 2. The molecule has 1 aromatic rings. The van der Waals surface area contributed by atoms with Crippen LogP contribution in [0.1, 0.15) is 38.2 Å². The van der Waals surface area contributed by atoms with Crippen LogP contribution in [0, 0.1) is 18.8 Å². The Kier molecular flexibility index (Phi) is 4.04. The van der Waals surface area contributed by atoms with Gasteiger partial charge in [0, 0.05) is 12.7 Å². The highest BCUT2D eigenvalue weighted by atomic mass is 16.1. The zero-order chi connectivity index (χ0) is 13.1. The van der Waals surface area contributed by atoms with Crippen molar-refractivity contribution >= 4 is 5.91 Å². The SMILES string of the molecule is Cc1nc(CC(C)C)cn1CC(=O)NCC1CC1. The average Bonchev–Trinajstić information content (AvgIpc) is 3.03. The molecular weight excluding hydrogens is 226 g/mol. The molecule has 0 bridgehead atoms. The zero-order valence-corrected chi connectivity index (χ0v) is 11.6. The Hall–Kier alpha value is -1.32. The molecule has 1 aliphatic carbocycles. The Morgan fingerprint density at radius 2 is 2.28 bits per heavy atom. The van der Waals surface area contributed by atoms with Gasteiger partial charge in [-0.25, -0.2) is 4.98 Å². The highest BCUT2D eigenvalue weighted by Crippen LogP contribution is 2.27. The van der Waals surface area contributed by atoms with E-state index in [0.717, 1.165) is 30.4 Å². The van der Waals surface area contributed by atoms with E-state index in [4.69, 9.17) is 0 Å². The minimum atomic E-state index is 0.0958. The second-order valence-electron chi connectivity index (χ2n) is 5.75. The third-order valence-electron chi connectivity index (χ3n) is 3.24. The van der Waals surface area contributed by atoms with E-state index in [9.17, 15) is 4.79 Å². The quantitative estimate of drug-likeness (QED) is 0.837. The van der Waals surface area contributed by atoms with Crippen LogP contribution >= 0.6 is 0 Å². The summed E-state index contributed by atoms with van der Waals surface area (Å²) >= 11 is 0. The van der Waals surface area contributed by atoms with Crippen molar-refractivity contribution in [3.63, 3.8) is 0 Å². The normalized spacial score (nSPS) is 15.1. The minimum absolute atomic E-state index is 0.0958. The minimum Gasteiger partial charge on any atom is -0.354 e. The van der Waals surface area contributed by atoms with Gasteiger partial charge in [-0.3, -0.25) is 4.79 Å². The maximum atomic E-state index is 11.8. The summed E-state index contributed by atoms with van der Waals surface area (Å²) in [4.78, 5) is 16.3. The van der Waals surface area contributed by atoms with Crippen LogP contribution in [0.2, 0.25) is 0 Å². The fourth-order valence-corrected chi connectivity index (χ4v) is 2.04. The topological polar surface area (TPSA) is 46.9 Å². The third-order valence-corrected chi connectivity index (χ3v) is 3.24. The highest BCUT2D eigenvalue weighted by Gasteiger charge is 2.21. The lowest BCUT2D eigenvalue weighted by atomic mass is 10.1. The Bertz CT molecular complexity index is 419. The third kappa shape index (κ3) is 3.86. The monoisotopic (exact) mass is 249 g/mol. The van der Waals surface area contributed by atoms with Gasteiger partial charge in [0.1, 0.15) is 12.4 Å². The van der Waals surface area contributed by atoms with E-state index in [1.54, 1.807) is 0 Å². The van der Waals surface area contributed by atoms with E-state index in [-0.39, 0.29) is 5.91 Å². The molecule has 4 heteroatoms. The highest BCUT2D eigenvalue weighted by molar-refractivity contribution is 5.75. The van der Waals surface area contributed by atoms with Crippen molar-refractivity contribution < 1.29 is 4.79 Å². The van der Waals surface area contributed by atoms with Crippen molar-refractivity contribution in [2.24, 2.45) is 11.8 Å². The summed E-state index contributed by atoms with van der Waals surface area (Å²) in [5.74, 6) is 2.34. The van der Waals surface area contributed by atoms with Gasteiger partial charge < -0.3 is 9.88 Å². The lowest BCUT2D eigenvalue weighted by molar-refractivity contribution is -0.121. The average molecular weight is 249 g/mol. The summed E-state index contributed by atoms with van der Waals surface area (Å²) in [5.41, 5.74) is 1.08. The molecule has 0 saturated heterocycles. The molecule has 1 aromatic heterocycles. The first-order valence-electron chi connectivity index (χ1n) is 6.84. The van der Waals surface area contributed by atoms with E-state index in [1.807, 2.05) is 17.7 Å². The number of nitrogens with one attached hydrogen (secondary N) is 1. The molecule has 1 saturated carbocycles. The van der Waals surface area contributed by atoms with Crippen LogP contribution in [-0.4, -0.2) is 22.0 Å². The fraction of sp³-hybridized carbons (Fsp3) is 0.714. The lowest BCUT2D eigenvalue weighted by Crippen LogP contribution is -2.29. The number of aryl methyl sites for hydroxylation is 1. The van der Waals surface area contributed by atoms with Crippen LogP contribution < -0.4 is 5.32 Å². The molecule has 0 spiro atoms. The zero-order valence-electron chi connectivity index (χ0n) is 11.6. The van der Waals surface area contributed by atoms with Crippen molar-refractivity contribution in [1.29, 1.82) is 0 Å². The molecular formula is C14H23N3O. The van der Waals surface area contributed by atoms with Crippen LogP contribution in [0.25, 0.3) is 0 Å². The largest absolute Gasteiger partial charge is 0.354 e. The standard InChI is InChI=1S/C14H23N3O/c1-10(2)6-13-8-17(11(3)16-13)9-14(18)15-7-12-4-5-12/h8,10,12H,4-7,9H2,1-3H3,(H,15,18). The number of aromatic nitrogens is 2. The Labute approximate surface area is 109 Å². The second kappa shape index (κ2) is 5.55. The molecule has 1 aliphatic rings. The first-order chi connectivity index (χ1) is 8.54. The molecule has 100 valence electrons. The van der Waals surface area contributed by atoms with Gasteiger partial charge in [-0.1, -0.05) is 13.8 Å². The van der Waals surface area contributed by atoms with Gasteiger partial charge in [0.15, 0.2) is 0 Å². The van der Waals surface area contributed by atoms with Crippen molar-refractivity contribution in [3.05, 3.63) is 17.7 Å². The van der Waals surface area contributed by atoms with Crippen LogP contribution in [0.4, 0.5) is 0 Å².